The molecule has 0 saturated heterocycles. The van der Waals surface area contributed by atoms with Gasteiger partial charge in [0.2, 0.25) is 11.8 Å². The van der Waals surface area contributed by atoms with Gasteiger partial charge in [-0.1, -0.05) is 11.2 Å². The van der Waals surface area contributed by atoms with E-state index in [1.165, 1.54) is 0 Å². The summed E-state index contributed by atoms with van der Waals surface area (Å²) < 4.78 is 5.24. The lowest BCUT2D eigenvalue weighted by Crippen LogP contribution is -2.42. The standard InChI is InChI=1S/C16H19N3O5/c1-8-5-9(2)15-11(19-24-12(15)6-8)7-14(21)18-10(16(22)23)3-4-13(17)20/h5-6,10H,3-4,7H2,1-2H3,(H2,17,20)(H,18,21)(H,22,23). The number of fused-ring (bicyclic) bond motifs is 1. The maximum atomic E-state index is 12.1. The first-order valence-corrected chi connectivity index (χ1v) is 7.44. The number of aliphatic carboxylic acids is 1. The van der Waals surface area contributed by atoms with Gasteiger partial charge in [-0.3, -0.25) is 9.59 Å². The number of rotatable bonds is 7. The Balaban J connectivity index is 2.11. The molecule has 0 spiro atoms. The van der Waals surface area contributed by atoms with Gasteiger partial charge >= 0.3 is 5.97 Å². The van der Waals surface area contributed by atoms with Gasteiger partial charge in [-0.2, -0.15) is 0 Å². The summed E-state index contributed by atoms with van der Waals surface area (Å²) in [5.74, 6) is -2.35. The van der Waals surface area contributed by atoms with Crippen LogP contribution in [0.15, 0.2) is 16.7 Å². The highest BCUT2D eigenvalue weighted by Crippen LogP contribution is 2.24. The fraction of sp³-hybridized carbons (Fsp3) is 0.375. The number of benzene rings is 1. The zero-order valence-electron chi connectivity index (χ0n) is 13.5. The van der Waals surface area contributed by atoms with Gasteiger partial charge in [0.1, 0.15) is 11.7 Å². The highest BCUT2D eigenvalue weighted by Gasteiger charge is 2.22. The fourth-order valence-corrected chi connectivity index (χ4v) is 2.58. The average molecular weight is 333 g/mol. The van der Waals surface area contributed by atoms with E-state index in [4.69, 9.17) is 15.4 Å². The maximum Gasteiger partial charge on any atom is 0.326 e. The van der Waals surface area contributed by atoms with Gasteiger partial charge in [-0.25, -0.2) is 4.79 Å². The quantitative estimate of drug-likeness (QED) is 0.686. The van der Waals surface area contributed by atoms with Crippen molar-refractivity contribution in [3.8, 4) is 0 Å². The van der Waals surface area contributed by atoms with E-state index >= 15 is 0 Å². The van der Waals surface area contributed by atoms with Crippen molar-refractivity contribution in [1.29, 1.82) is 0 Å². The van der Waals surface area contributed by atoms with Gasteiger partial charge in [0.15, 0.2) is 5.58 Å². The highest BCUT2D eigenvalue weighted by molar-refractivity contribution is 5.90. The third kappa shape index (κ3) is 4.09. The van der Waals surface area contributed by atoms with Crippen molar-refractivity contribution in [1.82, 2.24) is 10.5 Å². The number of carboxylic acid groups (broad SMARTS) is 1. The molecule has 8 heteroatoms. The topological polar surface area (TPSA) is 136 Å². The first-order chi connectivity index (χ1) is 11.3. The summed E-state index contributed by atoms with van der Waals surface area (Å²) in [6.07, 6.45) is -0.298. The molecule has 0 fully saturated rings. The monoisotopic (exact) mass is 333 g/mol. The number of carbonyl (C=O) groups is 3. The lowest BCUT2D eigenvalue weighted by molar-refractivity contribution is -0.142. The molecular weight excluding hydrogens is 314 g/mol. The van der Waals surface area contributed by atoms with Crippen LogP contribution in [0.2, 0.25) is 0 Å². The minimum atomic E-state index is -1.22. The number of primary amides is 1. The van der Waals surface area contributed by atoms with Crippen molar-refractivity contribution in [2.75, 3.05) is 0 Å². The van der Waals surface area contributed by atoms with Crippen LogP contribution in [0.5, 0.6) is 0 Å². The molecule has 1 aromatic heterocycles. The van der Waals surface area contributed by atoms with Crippen molar-refractivity contribution in [2.24, 2.45) is 5.73 Å². The Kier molecular flexibility index (Phi) is 5.18. The second-order valence-electron chi connectivity index (χ2n) is 5.72. The molecule has 0 aliphatic heterocycles. The fourth-order valence-electron chi connectivity index (χ4n) is 2.58. The molecule has 2 amide bonds. The zero-order chi connectivity index (χ0) is 17.9. The number of nitrogens with one attached hydrogen (secondary N) is 1. The Labute approximate surface area is 138 Å². The molecule has 0 aliphatic rings. The molecule has 8 nitrogen and oxygen atoms in total. The molecule has 24 heavy (non-hydrogen) atoms. The molecule has 1 atom stereocenters. The molecule has 0 aliphatic carbocycles. The van der Waals surface area contributed by atoms with Crippen LogP contribution in [0.25, 0.3) is 11.0 Å². The molecule has 0 saturated carbocycles. The molecule has 128 valence electrons. The van der Waals surface area contributed by atoms with Crippen LogP contribution in [0.4, 0.5) is 0 Å². The minimum absolute atomic E-state index is 0.0613. The number of aryl methyl sites for hydroxylation is 2. The van der Waals surface area contributed by atoms with Gasteiger partial charge in [0.25, 0.3) is 0 Å². The van der Waals surface area contributed by atoms with E-state index in [-0.39, 0.29) is 19.3 Å². The van der Waals surface area contributed by atoms with Crippen molar-refractivity contribution >= 4 is 28.8 Å². The molecular formula is C16H19N3O5. The molecule has 0 bridgehead atoms. The number of hydrogen-bond acceptors (Lipinski definition) is 5. The van der Waals surface area contributed by atoms with Gasteiger partial charge in [-0.05, 0) is 37.5 Å². The lowest BCUT2D eigenvalue weighted by atomic mass is 10.0. The van der Waals surface area contributed by atoms with Crippen molar-refractivity contribution in [2.45, 2.75) is 39.2 Å². The number of carboxylic acids is 1. The maximum absolute atomic E-state index is 12.1. The van der Waals surface area contributed by atoms with Crippen LogP contribution in [0.3, 0.4) is 0 Å². The van der Waals surface area contributed by atoms with Crippen LogP contribution in [0.1, 0.15) is 29.7 Å². The predicted octanol–water partition coefficient (Wildman–Crippen LogP) is 0.822. The molecule has 0 radical (unpaired) electrons. The highest BCUT2D eigenvalue weighted by atomic mass is 16.5. The van der Waals surface area contributed by atoms with Crippen molar-refractivity contribution in [3.05, 3.63) is 29.0 Å². The van der Waals surface area contributed by atoms with Crippen LogP contribution < -0.4 is 11.1 Å². The normalized spacial score (nSPS) is 12.1. The summed E-state index contributed by atoms with van der Waals surface area (Å²) in [5.41, 5.74) is 7.98. The summed E-state index contributed by atoms with van der Waals surface area (Å²) >= 11 is 0. The smallest absolute Gasteiger partial charge is 0.326 e. The average Bonchev–Trinajstić information content (AvgIpc) is 2.85. The number of aromatic nitrogens is 1. The Hall–Kier alpha value is -2.90. The van der Waals surface area contributed by atoms with E-state index in [9.17, 15) is 14.4 Å². The number of amides is 2. The Morgan fingerprint density at radius 3 is 2.67 bits per heavy atom. The SMILES string of the molecule is Cc1cc(C)c2c(CC(=O)NC(CCC(N)=O)C(=O)O)noc2c1. The van der Waals surface area contributed by atoms with Crippen LogP contribution in [-0.4, -0.2) is 34.1 Å². The summed E-state index contributed by atoms with van der Waals surface area (Å²) in [4.78, 5) is 34.0. The molecule has 2 rings (SSSR count). The second-order valence-corrected chi connectivity index (χ2v) is 5.72. The van der Waals surface area contributed by atoms with Crippen molar-refractivity contribution in [3.63, 3.8) is 0 Å². The molecule has 1 heterocycles. The minimum Gasteiger partial charge on any atom is -0.480 e. The third-order valence-corrected chi connectivity index (χ3v) is 3.63. The molecule has 1 unspecified atom stereocenters. The van der Waals surface area contributed by atoms with E-state index in [0.717, 1.165) is 16.5 Å². The van der Waals surface area contributed by atoms with Crippen LogP contribution in [-0.2, 0) is 20.8 Å². The van der Waals surface area contributed by atoms with E-state index in [1.807, 2.05) is 26.0 Å². The first-order valence-electron chi connectivity index (χ1n) is 7.44. The summed E-state index contributed by atoms with van der Waals surface area (Å²) in [5, 5.41) is 16.1. The van der Waals surface area contributed by atoms with Crippen molar-refractivity contribution < 1.29 is 24.0 Å². The van der Waals surface area contributed by atoms with Crippen LogP contribution in [0, 0.1) is 13.8 Å². The number of nitrogens with zero attached hydrogens (tertiary/aromatic N) is 1. The van der Waals surface area contributed by atoms with Gasteiger partial charge in [0, 0.05) is 11.8 Å². The number of nitrogens with two attached hydrogens (primary N) is 1. The third-order valence-electron chi connectivity index (χ3n) is 3.63. The summed E-state index contributed by atoms with van der Waals surface area (Å²) in [6, 6.07) is 2.60. The predicted molar refractivity (Wildman–Crippen MR) is 85.2 cm³/mol. The van der Waals surface area contributed by atoms with Gasteiger partial charge < -0.3 is 20.7 Å². The Bertz CT molecular complexity index is 796. The first kappa shape index (κ1) is 17.5. The lowest BCUT2D eigenvalue weighted by Gasteiger charge is -2.13. The number of carbonyl (C=O) groups excluding carboxylic acids is 2. The largest absolute Gasteiger partial charge is 0.480 e. The van der Waals surface area contributed by atoms with Gasteiger partial charge in [0.05, 0.1) is 6.42 Å². The summed E-state index contributed by atoms with van der Waals surface area (Å²) in [6.45, 7) is 3.82. The molecule has 1 aromatic carbocycles. The second kappa shape index (κ2) is 7.12. The Morgan fingerprint density at radius 1 is 1.33 bits per heavy atom. The Morgan fingerprint density at radius 2 is 2.04 bits per heavy atom. The van der Waals surface area contributed by atoms with Crippen LogP contribution >= 0.6 is 0 Å². The molecule has 4 N–H and O–H groups in total. The summed E-state index contributed by atoms with van der Waals surface area (Å²) in [7, 11) is 0. The van der Waals surface area contributed by atoms with E-state index in [0.29, 0.717) is 11.3 Å². The van der Waals surface area contributed by atoms with E-state index in [2.05, 4.69) is 10.5 Å². The van der Waals surface area contributed by atoms with E-state index in [1.54, 1.807) is 0 Å². The van der Waals surface area contributed by atoms with Gasteiger partial charge in [-0.15, -0.1) is 0 Å². The molecule has 2 aromatic rings. The number of hydrogen-bond donors (Lipinski definition) is 3. The zero-order valence-corrected chi connectivity index (χ0v) is 13.5. The van der Waals surface area contributed by atoms with E-state index < -0.39 is 23.8 Å².